The van der Waals surface area contributed by atoms with Crippen LogP contribution in [0.25, 0.3) is 0 Å². The second-order valence-corrected chi connectivity index (χ2v) is 3.92. The molecule has 1 unspecified atom stereocenters. The summed E-state index contributed by atoms with van der Waals surface area (Å²) in [6.45, 7) is 0.346. The number of alkyl halides is 3. The Kier molecular flexibility index (Phi) is 6.11. The zero-order valence-corrected chi connectivity index (χ0v) is 8.27. The van der Waals surface area contributed by atoms with E-state index < -0.39 is 16.3 Å². The lowest BCUT2D eigenvalue weighted by Crippen LogP contribution is -2.19. The molecule has 0 saturated carbocycles. The van der Waals surface area contributed by atoms with E-state index in [4.69, 9.17) is 0 Å². The third-order valence-electron chi connectivity index (χ3n) is 1.17. The zero-order chi connectivity index (χ0) is 10.3. The van der Waals surface area contributed by atoms with Gasteiger partial charge in [0.05, 0.1) is 5.16 Å². The van der Waals surface area contributed by atoms with E-state index in [1.807, 2.05) is 0 Å². The molecule has 0 fully saturated rings. The molecule has 0 aromatic heterocycles. The van der Waals surface area contributed by atoms with Gasteiger partial charge in [0.25, 0.3) is 0 Å². The molecule has 0 spiro atoms. The number of rotatable bonds is 5. The molecule has 0 rings (SSSR count). The molecule has 0 aliphatic carbocycles. The third kappa shape index (κ3) is 6.86. The summed E-state index contributed by atoms with van der Waals surface area (Å²) in [7, 11) is -2.73. The Labute approximate surface area is 81.7 Å². The van der Waals surface area contributed by atoms with Crippen molar-refractivity contribution >= 4 is 28.2 Å². The summed E-state index contributed by atoms with van der Waals surface area (Å²) in [5.74, 6) is -0.365. The Morgan fingerprint density at radius 2 is 2.00 bits per heavy atom. The maximum atomic E-state index is 11.7. The Morgan fingerprint density at radius 3 is 2.46 bits per heavy atom. The van der Waals surface area contributed by atoms with Crippen LogP contribution in [0, 0.1) is 0 Å². The Hall–Kier alpha value is -0.260. The molecule has 0 N–H and O–H groups in total. The molecule has 0 aromatic rings. The predicted octanol–water partition coefficient (Wildman–Crippen LogP) is 2.14. The second-order valence-electron chi connectivity index (χ2n) is 2.18. The Balaban J connectivity index is 3.54. The molecule has 0 saturated heterocycles. The van der Waals surface area contributed by atoms with Gasteiger partial charge in [0, 0.05) is 12.3 Å². The fourth-order valence-corrected chi connectivity index (χ4v) is 1.37. The van der Waals surface area contributed by atoms with Crippen molar-refractivity contribution in [3.63, 3.8) is 0 Å². The largest absolute Gasteiger partial charge is 0.471 e. The first-order valence-electron chi connectivity index (χ1n) is 3.47. The highest BCUT2D eigenvalue weighted by atomic mass is 32.2. The van der Waals surface area contributed by atoms with E-state index in [0.29, 0.717) is 13.0 Å². The monoisotopic (exact) mass is 231 g/mol. The van der Waals surface area contributed by atoms with E-state index in [2.05, 4.69) is 22.4 Å². The fraction of sp³-hybridized carbons (Fsp3) is 0.833. The fourth-order valence-electron chi connectivity index (χ4n) is 0.585. The van der Waals surface area contributed by atoms with Crippen molar-refractivity contribution in [2.24, 2.45) is 4.99 Å². The minimum absolute atomic E-state index is 0.229. The highest BCUT2D eigenvalue weighted by molar-refractivity contribution is 7.85. The maximum Gasteiger partial charge on any atom is 0.471 e. The Morgan fingerprint density at radius 1 is 1.38 bits per heavy atom. The lowest BCUT2D eigenvalue weighted by molar-refractivity contribution is -0.0384. The number of aliphatic imine (C=N–C) groups is 1. The standard InChI is InChI=1S/C6H8F3NOS2/c7-6(8,9)13(11)4-2-1-3-10-5-12/h1-4H2. The molecule has 0 amide bonds. The van der Waals surface area contributed by atoms with Gasteiger partial charge in [0.1, 0.15) is 10.8 Å². The normalized spacial score (nSPS) is 13.5. The molecule has 13 heavy (non-hydrogen) atoms. The van der Waals surface area contributed by atoms with Crippen LogP contribution in [0.3, 0.4) is 0 Å². The van der Waals surface area contributed by atoms with Gasteiger partial charge < -0.3 is 0 Å². The maximum absolute atomic E-state index is 11.7. The number of isothiocyanates is 1. The smallest absolute Gasteiger partial charge is 0.251 e. The van der Waals surface area contributed by atoms with Gasteiger partial charge >= 0.3 is 5.51 Å². The molecule has 0 heterocycles. The van der Waals surface area contributed by atoms with Crippen LogP contribution in [0.4, 0.5) is 13.2 Å². The van der Waals surface area contributed by atoms with Crippen molar-refractivity contribution in [3.05, 3.63) is 0 Å². The lowest BCUT2D eigenvalue weighted by atomic mass is 10.3. The van der Waals surface area contributed by atoms with Crippen molar-refractivity contribution in [1.82, 2.24) is 0 Å². The van der Waals surface area contributed by atoms with E-state index >= 15 is 0 Å². The van der Waals surface area contributed by atoms with Gasteiger partial charge in [-0.2, -0.15) is 13.2 Å². The van der Waals surface area contributed by atoms with Crippen LogP contribution in [0.15, 0.2) is 4.99 Å². The molecule has 0 aromatic carbocycles. The molecule has 0 aliphatic rings. The first-order chi connectivity index (χ1) is 5.98. The summed E-state index contributed by atoms with van der Waals surface area (Å²) in [6.07, 6.45) is 0.679. The number of halogens is 3. The van der Waals surface area contributed by atoms with Crippen molar-refractivity contribution in [1.29, 1.82) is 0 Å². The first kappa shape index (κ1) is 12.7. The van der Waals surface area contributed by atoms with Crippen LogP contribution in [-0.2, 0) is 10.8 Å². The highest BCUT2D eigenvalue weighted by Gasteiger charge is 2.35. The summed E-state index contributed by atoms with van der Waals surface area (Å²) in [4.78, 5) is 3.52. The van der Waals surface area contributed by atoms with E-state index in [9.17, 15) is 17.4 Å². The number of thiocarbonyl (C=S) groups is 1. The predicted molar refractivity (Wildman–Crippen MR) is 48.2 cm³/mol. The van der Waals surface area contributed by atoms with Gasteiger partial charge in [-0.05, 0) is 25.1 Å². The summed E-state index contributed by atoms with van der Waals surface area (Å²) in [5, 5.41) is 2.10. The van der Waals surface area contributed by atoms with Crippen molar-refractivity contribution in [3.8, 4) is 0 Å². The number of hydrogen-bond acceptors (Lipinski definition) is 3. The average Bonchev–Trinajstić information content (AvgIpc) is 2.02. The summed E-state index contributed by atoms with van der Waals surface area (Å²) >= 11 is 4.26. The quantitative estimate of drug-likeness (QED) is 0.412. The van der Waals surface area contributed by atoms with Gasteiger partial charge in [-0.15, -0.1) is 0 Å². The summed E-state index contributed by atoms with van der Waals surface area (Å²) < 4.78 is 45.4. The van der Waals surface area contributed by atoms with Crippen LogP contribution < -0.4 is 0 Å². The van der Waals surface area contributed by atoms with Crippen LogP contribution in [0.5, 0.6) is 0 Å². The van der Waals surface area contributed by atoms with Gasteiger partial charge in [-0.1, -0.05) is 0 Å². The molecular weight excluding hydrogens is 223 g/mol. The third-order valence-corrected chi connectivity index (χ3v) is 2.48. The van der Waals surface area contributed by atoms with Crippen LogP contribution >= 0.6 is 12.2 Å². The molecule has 2 nitrogen and oxygen atoms in total. The lowest BCUT2D eigenvalue weighted by Gasteiger charge is -2.04. The van der Waals surface area contributed by atoms with Gasteiger partial charge in [0.2, 0.25) is 0 Å². The van der Waals surface area contributed by atoms with E-state index in [0.717, 1.165) is 0 Å². The minimum atomic E-state index is -4.59. The van der Waals surface area contributed by atoms with Crippen LogP contribution in [0.1, 0.15) is 12.8 Å². The zero-order valence-electron chi connectivity index (χ0n) is 6.63. The summed E-state index contributed by atoms with van der Waals surface area (Å²) in [5.41, 5.74) is -4.59. The number of nitrogens with zero attached hydrogens (tertiary/aromatic N) is 1. The number of hydrogen-bond donors (Lipinski definition) is 0. The topological polar surface area (TPSA) is 29.4 Å². The van der Waals surface area contributed by atoms with Gasteiger partial charge in [-0.3, -0.25) is 4.21 Å². The molecule has 76 valence electrons. The van der Waals surface area contributed by atoms with E-state index in [1.54, 1.807) is 0 Å². The first-order valence-corrected chi connectivity index (χ1v) is 5.20. The van der Waals surface area contributed by atoms with Gasteiger partial charge in [0.15, 0.2) is 0 Å². The molecular formula is C6H8F3NOS2. The van der Waals surface area contributed by atoms with Crippen molar-refractivity contribution in [2.45, 2.75) is 18.3 Å². The molecule has 0 bridgehead atoms. The van der Waals surface area contributed by atoms with E-state index in [1.165, 1.54) is 0 Å². The SMILES string of the molecule is O=S(CCCCN=C=S)C(F)(F)F. The van der Waals surface area contributed by atoms with Crippen LogP contribution in [0.2, 0.25) is 0 Å². The van der Waals surface area contributed by atoms with Crippen molar-refractivity contribution < 1.29 is 17.4 Å². The second kappa shape index (κ2) is 6.23. The molecule has 0 radical (unpaired) electrons. The average molecular weight is 231 g/mol. The highest BCUT2D eigenvalue weighted by Crippen LogP contribution is 2.20. The van der Waals surface area contributed by atoms with Crippen LogP contribution in [-0.4, -0.2) is 27.2 Å². The molecule has 0 aliphatic heterocycles. The molecule has 1 atom stereocenters. The number of unbranched alkanes of at least 4 members (excludes halogenated alkanes) is 1. The summed E-state index contributed by atoms with van der Waals surface area (Å²) in [6, 6.07) is 0. The Bertz CT molecular complexity index is 222. The minimum Gasteiger partial charge on any atom is -0.251 e. The van der Waals surface area contributed by atoms with E-state index in [-0.39, 0.29) is 12.2 Å². The molecule has 7 heteroatoms. The van der Waals surface area contributed by atoms with Crippen molar-refractivity contribution in [2.75, 3.05) is 12.3 Å². The van der Waals surface area contributed by atoms with Gasteiger partial charge in [-0.25, -0.2) is 4.99 Å².